The van der Waals surface area contributed by atoms with E-state index in [2.05, 4.69) is 5.32 Å². The molecule has 3 rings (SSSR count). The molecule has 1 fully saturated rings. The van der Waals surface area contributed by atoms with Gasteiger partial charge in [0.1, 0.15) is 19.3 Å². The molecule has 6 atom stereocenters. The van der Waals surface area contributed by atoms with E-state index in [0.717, 1.165) is 13.8 Å². The van der Waals surface area contributed by atoms with Crippen LogP contribution in [-0.4, -0.2) is 80.6 Å². The minimum Gasteiger partial charge on any atom is -0.464 e. The molecule has 1 N–H and O–H groups in total. The first-order valence-corrected chi connectivity index (χ1v) is 13.7. The Morgan fingerprint density at radius 2 is 1.34 bits per heavy atom. The zero-order valence-electron chi connectivity index (χ0n) is 24.7. The number of hydrogen-bond donors (Lipinski definition) is 1. The van der Waals surface area contributed by atoms with Crippen molar-refractivity contribution in [1.82, 2.24) is 5.32 Å². The van der Waals surface area contributed by atoms with E-state index >= 15 is 0 Å². The van der Waals surface area contributed by atoms with Crippen molar-refractivity contribution < 1.29 is 61.9 Å². The zero-order valence-corrected chi connectivity index (χ0v) is 24.7. The van der Waals surface area contributed by atoms with E-state index in [4.69, 9.17) is 37.9 Å². The highest BCUT2D eigenvalue weighted by molar-refractivity contribution is 5.82. The third-order valence-corrected chi connectivity index (χ3v) is 6.15. The van der Waals surface area contributed by atoms with Crippen molar-refractivity contribution in [2.45, 2.75) is 70.7 Å². The van der Waals surface area contributed by atoms with Crippen LogP contribution in [0.15, 0.2) is 60.7 Å². The Hall–Kier alpha value is -4.69. The van der Waals surface area contributed by atoms with Gasteiger partial charge in [-0.3, -0.25) is 9.59 Å². The molecule has 2 aromatic carbocycles. The van der Waals surface area contributed by atoms with Gasteiger partial charge in [-0.05, 0) is 18.1 Å². The van der Waals surface area contributed by atoms with Crippen LogP contribution < -0.4 is 5.32 Å². The quantitative estimate of drug-likeness (QED) is 0.257. The van der Waals surface area contributed by atoms with Gasteiger partial charge in [-0.2, -0.15) is 0 Å². The first kappa shape index (κ1) is 33.8. The molecule has 14 nitrogen and oxygen atoms in total. The van der Waals surface area contributed by atoms with E-state index in [-0.39, 0.29) is 19.8 Å². The summed E-state index contributed by atoms with van der Waals surface area (Å²) in [6, 6.07) is 15.6. The maximum atomic E-state index is 13.2. The summed E-state index contributed by atoms with van der Waals surface area (Å²) in [4.78, 5) is 63.1. The smallest absolute Gasteiger partial charge is 0.464 e. The van der Waals surface area contributed by atoms with Gasteiger partial charge in [0.25, 0.3) is 0 Å². The summed E-state index contributed by atoms with van der Waals surface area (Å²) >= 11 is 0. The van der Waals surface area contributed by atoms with Crippen LogP contribution in [0.5, 0.6) is 0 Å². The Bertz CT molecular complexity index is 1260. The summed E-state index contributed by atoms with van der Waals surface area (Å²) in [5.41, 5.74) is 1.30. The Balaban J connectivity index is 1.95. The Labute approximate surface area is 253 Å². The molecule has 0 radical (unpaired) electrons. The third kappa shape index (κ3) is 9.95. The molecule has 0 bridgehead atoms. The topological polar surface area (TPSA) is 171 Å². The third-order valence-electron chi connectivity index (χ3n) is 6.15. The first-order valence-electron chi connectivity index (χ1n) is 13.7. The fourth-order valence-electron chi connectivity index (χ4n) is 4.33. The molecular weight excluding hydrogens is 582 g/mol. The molecule has 1 aliphatic rings. The maximum absolute atomic E-state index is 13.2. The fourth-order valence-corrected chi connectivity index (χ4v) is 4.33. The van der Waals surface area contributed by atoms with E-state index in [0.29, 0.717) is 11.1 Å². The van der Waals surface area contributed by atoms with Crippen LogP contribution in [0.3, 0.4) is 0 Å². The van der Waals surface area contributed by atoms with Crippen molar-refractivity contribution in [2.24, 2.45) is 0 Å². The van der Waals surface area contributed by atoms with Crippen LogP contribution in [0.25, 0.3) is 0 Å². The highest BCUT2D eigenvalue weighted by Crippen LogP contribution is 2.32. The number of methoxy groups -OCH3 is 1. The lowest BCUT2D eigenvalue weighted by Crippen LogP contribution is -2.58. The molecule has 1 amide bonds. The molecule has 2 aromatic rings. The Morgan fingerprint density at radius 1 is 0.795 bits per heavy atom. The van der Waals surface area contributed by atoms with Gasteiger partial charge in [0.05, 0.1) is 6.61 Å². The van der Waals surface area contributed by atoms with Crippen molar-refractivity contribution >= 4 is 30.2 Å². The monoisotopic (exact) mass is 617 g/mol. The number of benzene rings is 2. The van der Waals surface area contributed by atoms with Crippen LogP contribution in [0, 0.1) is 0 Å². The van der Waals surface area contributed by atoms with Gasteiger partial charge in [-0.15, -0.1) is 0 Å². The van der Waals surface area contributed by atoms with Crippen LogP contribution in [0.1, 0.15) is 31.9 Å². The number of carbonyl (C=O) groups is 5. The van der Waals surface area contributed by atoms with Gasteiger partial charge < -0.3 is 43.2 Å². The summed E-state index contributed by atoms with van der Waals surface area (Å²) in [6.07, 6.45) is -9.78. The SMILES string of the molecule is CCOC(=O)[C@@H](NC(=O)OCc1ccccc1)[C@H](OC(=O)OCc1ccccc1)[C@H]1O[C@@H](OC)[C@H](OC(C)=O)[C@@H]1OC(C)=O. The van der Waals surface area contributed by atoms with E-state index in [9.17, 15) is 24.0 Å². The zero-order chi connectivity index (χ0) is 32.1. The number of carbonyl (C=O) groups excluding carboxylic acids is 5. The standard InChI is InChI=1S/C30H35NO13/c1-5-38-27(34)22(31-29(35)39-16-20-12-8-6-9-13-20)23(44-30(36)40-17-21-14-10-7-11-15-21)24-25(41-18(2)32)26(42-19(3)33)28(37-4)43-24/h6-15,22-26,28H,5,16-17H2,1-4H3,(H,31,35)/t22-,23-,24+,25+,26+,28+/m0/s1. The van der Waals surface area contributed by atoms with Gasteiger partial charge in [0, 0.05) is 21.0 Å². The minimum atomic E-state index is -1.78. The van der Waals surface area contributed by atoms with E-state index < -0.39 is 66.9 Å². The summed E-state index contributed by atoms with van der Waals surface area (Å²) in [5, 5.41) is 2.35. The van der Waals surface area contributed by atoms with Crippen molar-refractivity contribution in [2.75, 3.05) is 13.7 Å². The van der Waals surface area contributed by atoms with Crippen LogP contribution >= 0.6 is 0 Å². The predicted molar refractivity (Wildman–Crippen MR) is 148 cm³/mol. The number of amides is 1. The van der Waals surface area contributed by atoms with Crippen molar-refractivity contribution in [3.63, 3.8) is 0 Å². The van der Waals surface area contributed by atoms with E-state index in [1.54, 1.807) is 60.7 Å². The number of nitrogens with one attached hydrogen (secondary N) is 1. The maximum Gasteiger partial charge on any atom is 0.509 e. The second-order valence-corrected chi connectivity index (χ2v) is 9.40. The highest BCUT2D eigenvalue weighted by Gasteiger charge is 2.57. The molecule has 0 aliphatic carbocycles. The summed E-state index contributed by atoms with van der Waals surface area (Å²) in [6.45, 7) is 3.27. The predicted octanol–water partition coefficient (Wildman–Crippen LogP) is 2.80. The Kier molecular flexibility index (Phi) is 12.9. The number of rotatable bonds is 13. The molecular formula is C30H35NO13. The molecule has 238 valence electrons. The van der Waals surface area contributed by atoms with Gasteiger partial charge in [-0.1, -0.05) is 60.7 Å². The molecule has 0 unspecified atom stereocenters. The summed E-state index contributed by atoms with van der Waals surface area (Å²) in [5.74, 6) is -2.62. The molecule has 44 heavy (non-hydrogen) atoms. The average molecular weight is 618 g/mol. The fraction of sp³-hybridized carbons (Fsp3) is 0.433. The molecule has 0 saturated carbocycles. The van der Waals surface area contributed by atoms with Crippen LogP contribution in [-0.2, 0) is 65.5 Å². The van der Waals surface area contributed by atoms with Gasteiger partial charge in [-0.25, -0.2) is 14.4 Å². The van der Waals surface area contributed by atoms with Crippen molar-refractivity contribution in [3.8, 4) is 0 Å². The normalized spacial score (nSPS) is 20.4. The number of hydrogen-bond acceptors (Lipinski definition) is 13. The number of alkyl carbamates (subject to hydrolysis) is 1. The highest BCUT2D eigenvalue weighted by atomic mass is 16.8. The molecule has 1 heterocycles. The largest absolute Gasteiger partial charge is 0.509 e. The van der Waals surface area contributed by atoms with Gasteiger partial charge in [0.2, 0.25) is 0 Å². The van der Waals surface area contributed by atoms with E-state index in [1.807, 2.05) is 0 Å². The lowest BCUT2D eigenvalue weighted by Gasteiger charge is -2.32. The van der Waals surface area contributed by atoms with Crippen LogP contribution in [0.2, 0.25) is 0 Å². The summed E-state index contributed by atoms with van der Waals surface area (Å²) < 4.78 is 43.1. The van der Waals surface area contributed by atoms with E-state index in [1.165, 1.54) is 14.0 Å². The van der Waals surface area contributed by atoms with Gasteiger partial charge in [0.15, 0.2) is 30.6 Å². The average Bonchev–Trinajstić information content (AvgIpc) is 3.33. The molecule has 1 aliphatic heterocycles. The summed E-state index contributed by atoms with van der Waals surface area (Å²) in [7, 11) is 1.24. The van der Waals surface area contributed by atoms with Crippen molar-refractivity contribution in [1.29, 1.82) is 0 Å². The molecule has 0 spiro atoms. The molecule has 0 aromatic heterocycles. The Morgan fingerprint density at radius 3 is 1.86 bits per heavy atom. The van der Waals surface area contributed by atoms with Gasteiger partial charge >= 0.3 is 30.2 Å². The molecule has 1 saturated heterocycles. The second kappa shape index (κ2) is 16.8. The lowest BCUT2D eigenvalue weighted by atomic mass is 9.99. The second-order valence-electron chi connectivity index (χ2n) is 9.40. The van der Waals surface area contributed by atoms with Crippen LogP contribution in [0.4, 0.5) is 9.59 Å². The minimum absolute atomic E-state index is 0.114. The first-order chi connectivity index (χ1) is 21.1. The van der Waals surface area contributed by atoms with Crippen molar-refractivity contribution in [3.05, 3.63) is 71.8 Å². The number of esters is 3. The molecule has 14 heteroatoms. The lowest BCUT2D eigenvalue weighted by molar-refractivity contribution is -0.185. The number of ether oxygens (including phenoxy) is 8.